The van der Waals surface area contributed by atoms with E-state index in [9.17, 15) is 9.59 Å². The van der Waals surface area contributed by atoms with Crippen molar-refractivity contribution in [1.29, 1.82) is 0 Å². The first-order valence-corrected chi connectivity index (χ1v) is 8.44. The first kappa shape index (κ1) is 15.6. The second kappa shape index (κ2) is 6.51. The van der Waals surface area contributed by atoms with Crippen LogP contribution in [0.25, 0.3) is 11.0 Å². The number of hydrogen-bond donors (Lipinski definition) is 0. The molecule has 0 N–H and O–H groups in total. The van der Waals surface area contributed by atoms with Crippen LogP contribution < -0.4 is 5.56 Å². The summed E-state index contributed by atoms with van der Waals surface area (Å²) in [5.41, 5.74) is 1.14. The molecule has 0 unspecified atom stereocenters. The molecule has 1 aliphatic heterocycles. The maximum atomic E-state index is 12.9. The van der Waals surface area contributed by atoms with Gasteiger partial charge in [-0.25, -0.2) is 4.98 Å². The molecule has 1 amide bonds. The van der Waals surface area contributed by atoms with Crippen LogP contribution in [0, 0.1) is 0 Å². The minimum absolute atomic E-state index is 0.0342. The van der Waals surface area contributed by atoms with Gasteiger partial charge in [-0.1, -0.05) is 12.1 Å². The third-order valence-corrected chi connectivity index (χ3v) is 4.70. The van der Waals surface area contributed by atoms with Crippen LogP contribution in [-0.4, -0.2) is 42.7 Å². The van der Waals surface area contributed by atoms with Crippen molar-refractivity contribution in [3.05, 3.63) is 59.3 Å². The van der Waals surface area contributed by atoms with Gasteiger partial charge in [0.05, 0.1) is 29.8 Å². The third kappa shape index (κ3) is 3.05. The molecule has 0 aliphatic carbocycles. The molecule has 2 aromatic heterocycles. The Labute approximate surface area is 144 Å². The van der Waals surface area contributed by atoms with Crippen LogP contribution in [0.15, 0.2) is 53.7 Å². The second-order valence-electron chi connectivity index (χ2n) is 6.28. The molecule has 1 fully saturated rings. The molecule has 1 aromatic carbocycles. The highest BCUT2D eigenvalue weighted by molar-refractivity contribution is 5.80. The minimum atomic E-state index is -0.255. The number of nitrogens with zero attached hydrogens (tertiary/aromatic N) is 5. The number of carbonyl (C=O) groups is 1. The zero-order valence-corrected chi connectivity index (χ0v) is 13.8. The van der Waals surface area contributed by atoms with Crippen molar-refractivity contribution in [3.8, 4) is 0 Å². The Morgan fingerprint density at radius 1 is 1.24 bits per heavy atom. The summed E-state index contributed by atoms with van der Waals surface area (Å²) >= 11 is 0. The summed E-state index contributed by atoms with van der Waals surface area (Å²) in [6.45, 7) is 1.45. The zero-order valence-electron chi connectivity index (χ0n) is 13.8. The van der Waals surface area contributed by atoms with Crippen LogP contribution in [-0.2, 0) is 17.9 Å². The molecular formula is C18H19N5O2. The quantitative estimate of drug-likeness (QED) is 0.719. The lowest BCUT2D eigenvalue weighted by atomic mass is 10.2. The number of hydrogen-bond acceptors (Lipinski definition) is 4. The highest BCUT2D eigenvalue weighted by Gasteiger charge is 2.29. The predicted octanol–water partition coefficient (Wildman–Crippen LogP) is 1.28. The standard InChI is InChI=1S/C18H19N5O2/c24-17-11-19-15-6-1-2-7-16(15)23(17)13-18(25)22-10-3-5-14(22)12-21-9-4-8-20-21/h1-2,4,6-9,11,14H,3,5,10,12-13H2/t14-/m0/s1. The zero-order chi connectivity index (χ0) is 17.2. The highest BCUT2D eigenvalue weighted by Crippen LogP contribution is 2.19. The van der Waals surface area contributed by atoms with Gasteiger partial charge in [-0.15, -0.1) is 0 Å². The summed E-state index contributed by atoms with van der Waals surface area (Å²) in [4.78, 5) is 31.1. The smallest absolute Gasteiger partial charge is 0.269 e. The molecule has 3 heterocycles. The molecule has 7 nitrogen and oxygen atoms in total. The fourth-order valence-corrected chi connectivity index (χ4v) is 3.48. The van der Waals surface area contributed by atoms with Gasteiger partial charge in [-0.05, 0) is 31.0 Å². The molecule has 1 atom stereocenters. The molecule has 4 rings (SSSR count). The van der Waals surface area contributed by atoms with E-state index < -0.39 is 0 Å². The van der Waals surface area contributed by atoms with Crippen LogP contribution in [0.2, 0.25) is 0 Å². The van der Waals surface area contributed by atoms with Gasteiger partial charge in [-0.2, -0.15) is 5.10 Å². The maximum Gasteiger partial charge on any atom is 0.269 e. The first-order chi connectivity index (χ1) is 12.2. The van der Waals surface area contributed by atoms with Crippen molar-refractivity contribution in [2.75, 3.05) is 6.54 Å². The fourth-order valence-electron chi connectivity index (χ4n) is 3.48. The number of rotatable bonds is 4. The van der Waals surface area contributed by atoms with E-state index in [2.05, 4.69) is 10.1 Å². The minimum Gasteiger partial charge on any atom is -0.336 e. The molecule has 25 heavy (non-hydrogen) atoms. The lowest BCUT2D eigenvalue weighted by Crippen LogP contribution is -2.41. The Hall–Kier alpha value is -2.96. The van der Waals surface area contributed by atoms with Crippen molar-refractivity contribution in [1.82, 2.24) is 24.2 Å². The van der Waals surface area contributed by atoms with E-state index in [-0.39, 0.29) is 24.1 Å². The molecular weight excluding hydrogens is 318 g/mol. The normalized spacial score (nSPS) is 17.3. The van der Waals surface area contributed by atoms with E-state index in [0.29, 0.717) is 17.6 Å². The van der Waals surface area contributed by atoms with E-state index in [4.69, 9.17) is 0 Å². The number of amides is 1. The Morgan fingerprint density at radius 2 is 2.12 bits per heavy atom. The van der Waals surface area contributed by atoms with Gasteiger partial charge in [-0.3, -0.25) is 18.8 Å². The summed E-state index contributed by atoms with van der Waals surface area (Å²) in [5, 5.41) is 4.23. The summed E-state index contributed by atoms with van der Waals surface area (Å²) in [5.74, 6) is -0.0342. The van der Waals surface area contributed by atoms with Crippen molar-refractivity contribution >= 4 is 16.9 Å². The number of para-hydroxylation sites is 2. The van der Waals surface area contributed by atoms with Gasteiger partial charge in [0.15, 0.2) is 0 Å². The van der Waals surface area contributed by atoms with Gasteiger partial charge in [0, 0.05) is 18.9 Å². The number of benzene rings is 1. The SMILES string of the molecule is O=C(Cn1c(=O)cnc2ccccc21)N1CCC[C@H]1Cn1cccn1. The van der Waals surface area contributed by atoms with Crippen molar-refractivity contribution in [2.24, 2.45) is 0 Å². The van der Waals surface area contributed by atoms with Crippen molar-refractivity contribution in [2.45, 2.75) is 32.0 Å². The number of likely N-dealkylation sites (tertiary alicyclic amines) is 1. The Balaban J connectivity index is 1.57. The maximum absolute atomic E-state index is 12.9. The summed E-state index contributed by atoms with van der Waals surface area (Å²) in [7, 11) is 0. The summed E-state index contributed by atoms with van der Waals surface area (Å²) < 4.78 is 3.36. The fraction of sp³-hybridized carbons (Fsp3) is 0.333. The van der Waals surface area contributed by atoms with Crippen molar-refractivity contribution in [3.63, 3.8) is 0 Å². The number of carbonyl (C=O) groups excluding carboxylic acids is 1. The molecule has 1 aliphatic rings. The Morgan fingerprint density at radius 3 is 2.96 bits per heavy atom. The van der Waals surface area contributed by atoms with Crippen LogP contribution >= 0.6 is 0 Å². The Kier molecular flexibility index (Phi) is 4.05. The third-order valence-electron chi connectivity index (χ3n) is 4.70. The highest BCUT2D eigenvalue weighted by atomic mass is 16.2. The van der Waals surface area contributed by atoms with E-state index in [1.54, 1.807) is 6.20 Å². The van der Waals surface area contributed by atoms with Crippen LogP contribution in [0.4, 0.5) is 0 Å². The molecule has 0 radical (unpaired) electrons. The van der Waals surface area contributed by atoms with E-state index in [1.807, 2.05) is 46.1 Å². The number of fused-ring (bicyclic) bond motifs is 1. The van der Waals surface area contributed by atoms with E-state index in [1.165, 1.54) is 10.8 Å². The predicted molar refractivity (Wildman–Crippen MR) is 93.0 cm³/mol. The van der Waals surface area contributed by atoms with Gasteiger partial charge in [0.25, 0.3) is 5.56 Å². The average molecular weight is 337 g/mol. The summed E-state index contributed by atoms with van der Waals surface area (Å²) in [6, 6.07) is 9.38. The van der Waals surface area contributed by atoms with E-state index >= 15 is 0 Å². The van der Waals surface area contributed by atoms with Gasteiger partial charge in [0.2, 0.25) is 5.91 Å². The molecule has 128 valence electrons. The summed E-state index contributed by atoms with van der Waals surface area (Å²) in [6.07, 6.45) is 6.85. The van der Waals surface area contributed by atoms with Crippen LogP contribution in [0.3, 0.4) is 0 Å². The lowest BCUT2D eigenvalue weighted by molar-refractivity contribution is -0.132. The van der Waals surface area contributed by atoms with Crippen molar-refractivity contribution < 1.29 is 4.79 Å². The first-order valence-electron chi connectivity index (χ1n) is 8.44. The van der Waals surface area contributed by atoms with Crippen LogP contribution in [0.1, 0.15) is 12.8 Å². The second-order valence-corrected chi connectivity index (χ2v) is 6.28. The molecule has 7 heteroatoms. The van der Waals surface area contributed by atoms with Gasteiger partial charge >= 0.3 is 0 Å². The van der Waals surface area contributed by atoms with E-state index in [0.717, 1.165) is 19.4 Å². The van der Waals surface area contributed by atoms with Gasteiger partial charge < -0.3 is 4.90 Å². The molecule has 1 saturated heterocycles. The lowest BCUT2D eigenvalue weighted by Gasteiger charge is -2.25. The number of aromatic nitrogens is 4. The van der Waals surface area contributed by atoms with Crippen LogP contribution in [0.5, 0.6) is 0 Å². The average Bonchev–Trinajstić information content (AvgIpc) is 3.30. The molecule has 0 bridgehead atoms. The molecule has 0 saturated carbocycles. The molecule has 0 spiro atoms. The monoisotopic (exact) mass is 337 g/mol. The topological polar surface area (TPSA) is 73.0 Å². The molecule has 3 aromatic rings. The Bertz CT molecular complexity index is 948. The largest absolute Gasteiger partial charge is 0.336 e. The van der Waals surface area contributed by atoms with Gasteiger partial charge in [0.1, 0.15) is 6.54 Å².